The number of thioether (sulfide) groups is 1. The molecule has 2 aromatic rings. The molecular formula is C15H20N4OS2. The first kappa shape index (κ1) is 16.8. The molecule has 2 N–H and O–H groups in total. The van der Waals surface area contributed by atoms with E-state index in [1.165, 1.54) is 23.1 Å². The van der Waals surface area contributed by atoms with Crippen LogP contribution in [0.2, 0.25) is 0 Å². The topological polar surface area (TPSA) is 66.9 Å². The van der Waals surface area contributed by atoms with Gasteiger partial charge in [-0.2, -0.15) is 0 Å². The largest absolute Gasteiger partial charge is 0.360 e. The molecule has 2 unspecified atom stereocenters. The third kappa shape index (κ3) is 4.71. The maximum absolute atomic E-state index is 12.3. The molecule has 0 aliphatic rings. The number of benzene rings is 1. The third-order valence-corrected chi connectivity index (χ3v) is 5.10. The Balaban J connectivity index is 1.88. The molecule has 0 radical (unpaired) electrons. The molecule has 5 nitrogen and oxygen atoms in total. The lowest BCUT2D eigenvalue weighted by Crippen LogP contribution is -2.33. The van der Waals surface area contributed by atoms with Gasteiger partial charge in [0.05, 0.1) is 11.3 Å². The minimum absolute atomic E-state index is 0.00144. The van der Waals surface area contributed by atoms with Crippen molar-refractivity contribution in [1.29, 1.82) is 0 Å². The summed E-state index contributed by atoms with van der Waals surface area (Å²) in [6.07, 6.45) is 0. The number of rotatable bonds is 7. The number of aromatic nitrogens is 2. The molecule has 0 saturated carbocycles. The lowest BCUT2D eigenvalue weighted by Gasteiger charge is -2.17. The summed E-state index contributed by atoms with van der Waals surface area (Å²) in [5.41, 5.74) is 1.10. The Morgan fingerprint density at radius 2 is 2.00 bits per heavy atom. The zero-order valence-electron chi connectivity index (χ0n) is 12.9. The van der Waals surface area contributed by atoms with Gasteiger partial charge in [-0.25, -0.2) is 0 Å². The number of nitrogens with zero attached hydrogens (tertiary/aromatic N) is 2. The van der Waals surface area contributed by atoms with Gasteiger partial charge >= 0.3 is 0 Å². The van der Waals surface area contributed by atoms with Crippen molar-refractivity contribution in [1.82, 2.24) is 15.5 Å². The summed E-state index contributed by atoms with van der Waals surface area (Å²) < 4.78 is 0.797. The Morgan fingerprint density at radius 3 is 2.68 bits per heavy atom. The molecule has 7 heteroatoms. The van der Waals surface area contributed by atoms with Crippen LogP contribution in [-0.2, 0) is 4.79 Å². The SMILES string of the molecule is CCNc1nnc(SC(C)C(=O)NC(C)c2ccccc2)s1. The first-order valence-electron chi connectivity index (χ1n) is 7.19. The molecule has 0 saturated heterocycles. The van der Waals surface area contributed by atoms with Gasteiger partial charge in [-0.3, -0.25) is 4.79 Å². The van der Waals surface area contributed by atoms with E-state index in [2.05, 4.69) is 20.8 Å². The minimum Gasteiger partial charge on any atom is -0.360 e. The van der Waals surface area contributed by atoms with E-state index in [1.807, 2.05) is 51.1 Å². The minimum atomic E-state index is -0.214. The van der Waals surface area contributed by atoms with E-state index in [0.29, 0.717) is 0 Å². The molecule has 2 rings (SSSR count). The lowest BCUT2D eigenvalue weighted by molar-refractivity contribution is -0.120. The van der Waals surface area contributed by atoms with Crippen molar-refractivity contribution in [3.05, 3.63) is 35.9 Å². The van der Waals surface area contributed by atoms with Crippen molar-refractivity contribution < 1.29 is 4.79 Å². The smallest absolute Gasteiger partial charge is 0.233 e. The van der Waals surface area contributed by atoms with Gasteiger partial charge in [0.1, 0.15) is 0 Å². The molecule has 0 spiro atoms. The van der Waals surface area contributed by atoms with Gasteiger partial charge < -0.3 is 10.6 Å². The van der Waals surface area contributed by atoms with E-state index in [-0.39, 0.29) is 17.2 Å². The molecule has 1 aromatic heterocycles. The van der Waals surface area contributed by atoms with Gasteiger partial charge in [0.25, 0.3) is 0 Å². The molecule has 0 fully saturated rings. The second-order valence-corrected chi connectivity index (χ2v) is 7.37. The maximum Gasteiger partial charge on any atom is 0.233 e. The van der Waals surface area contributed by atoms with Crippen LogP contribution in [0.3, 0.4) is 0 Å². The zero-order chi connectivity index (χ0) is 15.9. The Labute approximate surface area is 138 Å². The molecule has 1 heterocycles. The second-order valence-electron chi connectivity index (χ2n) is 4.80. The quantitative estimate of drug-likeness (QED) is 0.759. The highest BCUT2D eigenvalue weighted by atomic mass is 32.2. The molecule has 0 bridgehead atoms. The summed E-state index contributed by atoms with van der Waals surface area (Å²) in [5, 5.41) is 14.8. The summed E-state index contributed by atoms with van der Waals surface area (Å²) in [5.74, 6) is 0.00144. The first-order chi connectivity index (χ1) is 10.6. The number of anilines is 1. The van der Waals surface area contributed by atoms with Gasteiger partial charge in [0, 0.05) is 6.54 Å². The van der Waals surface area contributed by atoms with Crippen molar-refractivity contribution >= 4 is 34.1 Å². The molecule has 1 amide bonds. The number of carbonyl (C=O) groups is 1. The van der Waals surface area contributed by atoms with Crippen LogP contribution in [0.15, 0.2) is 34.7 Å². The number of carbonyl (C=O) groups excluding carboxylic acids is 1. The van der Waals surface area contributed by atoms with Crippen LogP contribution in [0.5, 0.6) is 0 Å². The van der Waals surface area contributed by atoms with Crippen molar-refractivity contribution in [3.8, 4) is 0 Å². The maximum atomic E-state index is 12.3. The van der Waals surface area contributed by atoms with Crippen molar-refractivity contribution in [2.45, 2.75) is 36.4 Å². The Bertz CT molecular complexity index is 603. The van der Waals surface area contributed by atoms with Crippen LogP contribution in [0.1, 0.15) is 32.4 Å². The van der Waals surface area contributed by atoms with Crippen LogP contribution in [0, 0.1) is 0 Å². The normalized spacial score (nSPS) is 13.4. The Kier molecular flexibility index (Phi) is 6.21. The van der Waals surface area contributed by atoms with Crippen LogP contribution in [0.4, 0.5) is 5.13 Å². The third-order valence-electron chi connectivity index (χ3n) is 3.04. The average Bonchev–Trinajstić information content (AvgIpc) is 2.95. The predicted octanol–water partition coefficient (Wildman–Crippen LogP) is 3.33. The van der Waals surface area contributed by atoms with Gasteiger partial charge in [-0.15, -0.1) is 10.2 Å². The monoisotopic (exact) mass is 336 g/mol. The van der Waals surface area contributed by atoms with Crippen LogP contribution in [0.25, 0.3) is 0 Å². The van der Waals surface area contributed by atoms with E-state index in [4.69, 9.17) is 0 Å². The summed E-state index contributed by atoms with van der Waals surface area (Å²) in [6, 6.07) is 9.92. The summed E-state index contributed by atoms with van der Waals surface area (Å²) in [6.45, 7) is 6.68. The Hall–Kier alpha value is -1.60. The van der Waals surface area contributed by atoms with Crippen LogP contribution < -0.4 is 10.6 Å². The van der Waals surface area contributed by atoms with Crippen molar-refractivity contribution in [3.63, 3.8) is 0 Å². The number of hydrogen-bond acceptors (Lipinski definition) is 6. The van der Waals surface area contributed by atoms with Gasteiger partial charge in [0.15, 0.2) is 4.34 Å². The van der Waals surface area contributed by atoms with Gasteiger partial charge in [0.2, 0.25) is 11.0 Å². The first-order valence-corrected chi connectivity index (χ1v) is 8.89. The number of hydrogen-bond donors (Lipinski definition) is 2. The highest BCUT2D eigenvalue weighted by Crippen LogP contribution is 2.29. The van der Waals surface area contributed by atoms with Gasteiger partial charge in [-0.1, -0.05) is 53.4 Å². The van der Waals surface area contributed by atoms with E-state index in [1.54, 1.807) is 0 Å². The fraction of sp³-hybridized carbons (Fsp3) is 0.400. The summed E-state index contributed by atoms with van der Waals surface area (Å²) in [4.78, 5) is 12.3. The lowest BCUT2D eigenvalue weighted by atomic mass is 10.1. The van der Waals surface area contributed by atoms with E-state index >= 15 is 0 Å². The summed E-state index contributed by atoms with van der Waals surface area (Å²) in [7, 11) is 0. The zero-order valence-corrected chi connectivity index (χ0v) is 14.5. The average molecular weight is 336 g/mol. The second kappa shape index (κ2) is 8.14. The Morgan fingerprint density at radius 1 is 1.27 bits per heavy atom. The molecule has 118 valence electrons. The standard InChI is InChI=1S/C15H20N4OS2/c1-4-16-14-18-19-15(22-14)21-11(3)13(20)17-10(2)12-8-6-5-7-9-12/h5-11H,4H2,1-3H3,(H,16,18)(H,17,20). The van der Waals surface area contributed by atoms with Crippen LogP contribution in [-0.4, -0.2) is 27.9 Å². The molecule has 1 aromatic carbocycles. The fourth-order valence-corrected chi connectivity index (χ4v) is 3.81. The molecule has 2 atom stereocenters. The van der Waals surface area contributed by atoms with E-state index in [9.17, 15) is 4.79 Å². The molecular weight excluding hydrogens is 316 g/mol. The number of amides is 1. The van der Waals surface area contributed by atoms with E-state index < -0.39 is 0 Å². The van der Waals surface area contributed by atoms with Crippen molar-refractivity contribution in [2.24, 2.45) is 0 Å². The molecule has 0 aliphatic carbocycles. The molecule has 0 aliphatic heterocycles. The predicted molar refractivity (Wildman–Crippen MR) is 92.4 cm³/mol. The van der Waals surface area contributed by atoms with Crippen molar-refractivity contribution in [2.75, 3.05) is 11.9 Å². The number of nitrogens with one attached hydrogen (secondary N) is 2. The van der Waals surface area contributed by atoms with Crippen LogP contribution >= 0.6 is 23.1 Å². The molecule has 22 heavy (non-hydrogen) atoms. The summed E-state index contributed by atoms with van der Waals surface area (Å²) >= 11 is 2.90. The highest BCUT2D eigenvalue weighted by molar-refractivity contribution is 8.02. The van der Waals surface area contributed by atoms with Gasteiger partial charge in [-0.05, 0) is 26.3 Å². The fourth-order valence-electron chi connectivity index (χ4n) is 1.84. The highest BCUT2D eigenvalue weighted by Gasteiger charge is 2.19. The van der Waals surface area contributed by atoms with E-state index in [0.717, 1.165) is 21.6 Å².